The molecule has 1 aromatic carbocycles. The van der Waals surface area contributed by atoms with E-state index < -0.39 is 0 Å². The van der Waals surface area contributed by atoms with Crippen LogP contribution < -0.4 is 0 Å². The predicted octanol–water partition coefficient (Wildman–Crippen LogP) is 3.25. The van der Waals surface area contributed by atoms with Crippen molar-refractivity contribution in [3.05, 3.63) is 60.7 Å². The lowest BCUT2D eigenvalue weighted by molar-refractivity contribution is 0.240. The monoisotopic (exact) mass is 213 g/mol. The van der Waals surface area contributed by atoms with Gasteiger partial charge in [-0.2, -0.15) is 0 Å². The largest absolute Gasteiger partial charge is 0.295 e. The molecule has 0 bridgehead atoms. The van der Waals surface area contributed by atoms with E-state index in [0.717, 1.165) is 26.1 Å². The Bertz CT molecular complexity index is 366. The van der Waals surface area contributed by atoms with Gasteiger partial charge in [-0.25, -0.2) is 0 Å². The highest BCUT2D eigenvalue weighted by atomic mass is 15.1. The Morgan fingerprint density at radius 1 is 1.31 bits per heavy atom. The minimum absolute atomic E-state index is 0.520. The molecule has 1 aliphatic heterocycles. The van der Waals surface area contributed by atoms with E-state index in [1.807, 2.05) is 6.08 Å². The second kappa shape index (κ2) is 5.13. The molecule has 0 amide bonds. The Hall–Kier alpha value is -1.34. The summed E-state index contributed by atoms with van der Waals surface area (Å²) in [7, 11) is 0. The van der Waals surface area contributed by atoms with Crippen LogP contribution in [-0.2, 0) is 6.54 Å². The molecule has 0 saturated carbocycles. The quantitative estimate of drug-likeness (QED) is 0.697. The number of hydrogen-bond acceptors (Lipinski definition) is 1. The maximum atomic E-state index is 4.15. The molecule has 1 fully saturated rings. The lowest BCUT2D eigenvalue weighted by Crippen LogP contribution is -2.34. The topological polar surface area (TPSA) is 3.24 Å². The van der Waals surface area contributed by atoms with Crippen molar-refractivity contribution in [1.29, 1.82) is 0 Å². The highest BCUT2D eigenvalue weighted by molar-refractivity contribution is 5.17. The van der Waals surface area contributed by atoms with E-state index in [1.54, 1.807) is 0 Å². The summed E-state index contributed by atoms with van der Waals surface area (Å²) in [5.41, 5.74) is 2.68. The third kappa shape index (κ3) is 2.61. The number of hydrogen-bond donors (Lipinski definition) is 0. The van der Waals surface area contributed by atoms with Gasteiger partial charge in [0.1, 0.15) is 0 Å². The Balaban J connectivity index is 1.94. The SMILES string of the molecule is C=CC1CCN(Cc2ccccc2)CC1=C. The predicted molar refractivity (Wildman–Crippen MR) is 69.2 cm³/mol. The number of nitrogens with zero attached hydrogens (tertiary/aromatic N) is 1. The smallest absolute Gasteiger partial charge is 0.0237 e. The normalized spacial score (nSPS) is 22.0. The molecule has 1 atom stereocenters. The number of allylic oxidation sites excluding steroid dienone is 1. The zero-order valence-corrected chi connectivity index (χ0v) is 9.73. The number of rotatable bonds is 3. The zero-order valence-electron chi connectivity index (χ0n) is 9.73. The van der Waals surface area contributed by atoms with Gasteiger partial charge < -0.3 is 0 Å². The number of likely N-dealkylation sites (tertiary alicyclic amines) is 1. The molecule has 0 aromatic heterocycles. The summed E-state index contributed by atoms with van der Waals surface area (Å²) in [6.45, 7) is 11.2. The summed E-state index contributed by atoms with van der Waals surface area (Å²) < 4.78 is 0. The molecule has 16 heavy (non-hydrogen) atoms. The van der Waals surface area contributed by atoms with Crippen LogP contribution in [0.4, 0.5) is 0 Å². The average molecular weight is 213 g/mol. The highest BCUT2D eigenvalue weighted by Gasteiger charge is 2.19. The van der Waals surface area contributed by atoms with Crippen LogP contribution in [0, 0.1) is 5.92 Å². The van der Waals surface area contributed by atoms with Crippen molar-refractivity contribution in [2.75, 3.05) is 13.1 Å². The van der Waals surface area contributed by atoms with Crippen molar-refractivity contribution in [3.63, 3.8) is 0 Å². The summed E-state index contributed by atoms with van der Waals surface area (Å²) >= 11 is 0. The summed E-state index contributed by atoms with van der Waals surface area (Å²) in [6, 6.07) is 10.6. The Morgan fingerprint density at radius 2 is 2.06 bits per heavy atom. The van der Waals surface area contributed by atoms with E-state index >= 15 is 0 Å². The van der Waals surface area contributed by atoms with Crippen LogP contribution in [0.1, 0.15) is 12.0 Å². The Kier molecular flexibility index (Phi) is 3.58. The number of benzene rings is 1. The molecule has 1 aliphatic rings. The van der Waals surface area contributed by atoms with Crippen LogP contribution in [0.25, 0.3) is 0 Å². The van der Waals surface area contributed by atoms with Gasteiger partial charge in [0.2, 0.25) is 0 Å². The standard InChI is InChI=1S/C15H19N/c1-3-15-9-10-16(11-13(15)2)12-14-7-5-4-6-8-14/h3-8,15H,1-2,9-12H2. The summed E-state index contributed by atoms with van der Waals surface area (Å²) in [4.78, 5) is 2.46. The summed E-state index contributed by atoms with van der Waals surface area (Å²) in [5, 5.41) is 0. The second-order valence-electron chi connectivity index (χ2n) is 4.49. The molecule has 1 saturated heterocycles. The maximum Gasteiger partial charge on any atom is 0.0237 e. The first-order valence-electron chi connectivity index (χ1n) is 5.86. The van der Waals surface area contributed by atoms with Crippen LogP contribution in [-0.4, -0.2) is 18.0 Å². The van der Waals surface area contributed by atoms with E-state index in [2.05, 4.69) is 48.4 Å². The van der Waals surface area contributed by atoms with Crippen LogP contribution in [0.3, 0.4) is 0 Å². The van der Waals surface area contributed by atoms with Gasteiger partial charge in [-0.1, -0.05) is 48.6 Å². The third-order valence-corrected chi connectivity index (χ3v) is 3.24. The van der Waals surface area contributed by atoms with Crippen molar-refractivity contribution < 1.29 is 0 Å². The first kappa shape index (κ1) is 11.2. The third-order valence-electron chi connectivity index (χ3n) is 3.24. The molecule has 1 aromatic rings. The summed E-state index contributed by atoms with van der Waals surface area (Å²) in [5.74, 6) is 0.520. The first-order valence-corrected chi connectivity index (χ1v) is 5.86. The molecular formula is C15H19N. The van der Waals surface area contributed by atoms with E-state index in [4.69, 9.17) is 0 Å². The van der Waals surface area contributed by atoms with E-state index in [1.165, 1.54) is 11.1 Å². The van der Waals surface area contributed by atoms with Crippen molar-refractivity contribution in [3.8, 4) is 0 Å². The molecule has 1 heteroatoms. The average Bonchev–Trinajstić information content (AvgIpc) is 2.31. The van der Waals surface area contributed by atoms with Crippen LogP contribution in [0.5, 0.6) is 0 Å². The Labute approximate surface area is 98.1 Å². The molecule has 84 valence electrons. The van der Waals surface area contributed by atoms with Crippen LogP contribution >= 0.6 is 0 Å². The molecular weight excluding hydrogens is 194 g/mol. The number of piperidine rings is 1. The van der Waals surface area contributed by atoms with Gasteiger partial charge in [-0.3, -0.25) is 4.90 Å². The van der Waals surface area contributed by atoms with Crippen LogP contribution in [0.2, 0.25) is 0 Å². The fourth-order valence-electron chi connectivity index (χ4n) is 2.27. The van der Waals surface area contributed by atoms with Gasteiger partial charge in [-0.15, -0.1) is 6.58 Å². The van der Waals surface area contributed by atoms with E-state index in [0.29, 0.717) is 5.92 Å². The second-order valence-corrected chi connectivity index (χ2v) is 4.49. The van der Waals surface area contributed by atoms with Crippen molar-refractivity contribution >= 4 is 0 Å². The van der Waals surface area contributed by atoms with Gasteiger partial charge in [-0.05, 0) is 24.4 Å². The minimum Gasteiger partial charge on any atom is -0.295 e. The fourth-order valence-corrected chi connectivity index (χ4v) is 2.27. The van der Waals surface area contributed by atoms with Gasteiger partial charge in [0, 0.05) is 13.1 Å². The van der Waals surface area contributed by atoms with Crippen molar-refractivity contribution in [1.82, 2.24) is 4.90 Å². The fraction of sp³-hybridized carbons (Fsp3) is 0.333. The maximum absolute atomic E-state index is 4.15. The van der Waals surface area contributed by atoms with Gasteiger partial charge in [0.25, 0.3) is 0 Å². The highest BCUT2D eigenvalue weighted by Crippen LogP contribution is 2.23. The molecule has 0 N–H and O–H groups in total. The minimum atomic E-state index is 0.520. The molecule has 1 heterocycles. The van der Waals surface area contributed by atoms with Gasteiger partial charge >= 0.3 is 0 Å². The van der Waals surface area contributed by atoms with Crippen molar-refractivity contribution in [2.24, 2.45) is 5.92 Å². The zero-order chi connectivity index (χ0) is 11.4. The molecule has 1 unspecified atom stereocenters. The summed E-state index contributed by atoms with van der Waals surface area (Å²) in [6.07, 6.45) is 3.19. The van der Waals surface area contributed by atoms with E-state index in [-0.39, 0.29) is 0 Å². The molecule has 0 aliphatic carbocycles. The molecule has 2 rings (SSSR count). The first-order chi connectivity index (χ1) is 7.79. The lowest BCUT2D eigenvalue weighted by Gasteiger charge is -2.32. The van der Waals surface area contributed by atoms with Gasteiger partial charge in [0.05, 0.1) is 0 Å². The molecule has 1 nitrogen and oxygen atoms in total. The van der Waals surface area contributed by atoms with Gasteiger partial charge in [0.15, 0.2) is 0 Å². The van der Waals surface area contributed by atoms with E-state index in [9.17, 15) is 0 Å². The molecule has 0 radical (unpaired) electrons. The van der Waals surface area contributed by atoms with Crippen LogP contribution in [0.15, 0.2) is 55.1 Å². The molecule has 0 spiro atoms. The van der Waals surface area contributed by atoms with Crippen molar-refractivity contribution in [2.45, 2.75) is 13.0 Å². The Morgan fingerprint density at radius 3 is 2.69 bits per heavy atom. The lowest BCUT2D eigenvalue weighted by atomic mass is 9.92.